The molecule has 1 fully saturated rings. The number of ether oxygens (including phenoxy) is 1. The number of hydrogen-bond acceptors (Lipinski definition) is 6. The molecule has 0 aliphatic carbocycles. The number of benzene rings is 1. The third-order valence-corrected chi connectivity index (χ3v) is 4.95. The maximum Gasteiger partial charge on any atom is 0.295 e. The number of likely N-dealkylation sites (tertiary alicyclic amines) is 1. The van der Waals surface area contributed by atoms with Crippen LogP contribution in [0.4, 0.5) is 0 Å². The van der Waals surface area contributed by atoms with Gasteiger partial charge in [-0.15, -0.1) is 0 Å². The molecule has 2 heterocycles. The fourth-order valence-electron chi connectivity index (χ4n) is 3.50. The Kier molecular flexibility index (Phi) is 6.31. The number of amides is 1. The van der Waals surface area contributed by atoms with Gasteiger partial charge in [0, 0.05) is 18.7 Å². The SMILES string of the molecule is Cc1cc(/C(O)=C2/C(=O)C(=O)N(CCN(C)C)C2c2ccco2)ccc1OC(C)C. The first-order valence-corrected chi connectivity index (χ1v) is 9.95. The zero-order valence-electron chi connectivity index (χ0n) is 18.0. The highest BCUT2D eigenvalue weighted by Gasteiger charge is 2.47. The van der Waals surface area contributed by atoms with Gasteiger partial charge in [0.25, 0.3) is 11.7 Å². The summed E-state index contributed by atoms with van der Waals surface area (Å²) in [4.78, 5) is 29.0. The minimum atomic E-state index is -0.771. The topological polar surface area (TPSA) is 83.2 Å². The van der Waals surface area contributed by atoms with Gasteiger partial charge in [-0.1, -0.05) is 0 Å². The number of hydrogen-bond donors (Lipinski definition) is 1. The van der Waals surface area contributed by atoms with E-state index in [0.29, 0.717) is 30.2 Å². The lowest BCUT2D eigenvalue weighted by Crippen LogP contribution is -2.35. The molecule has 30 heavy (non-hydrogen) atoms. The summed E-state index contributed by atoms with van der Waals surface area (Å²) in [6.07, 6.45) is 1.51. The maximum atomic E-state index is 12.9. The summed E-state index contributed by atoms with van der Waals surface area (Å²) < 4.78 is 11.3. The van der Waals surface area contributed by atoms with Crippen molar-refractivity contribution in [3.05, 3.63) is 59.1 Å². The second-order valence-corrected chi connectivity index (χ2v) is 7.96. The van der Waals surface area contributed by atoms with Crippen molar-refractivity contribution in [2.75, 3.05) is 27.2 Å². The van der Waals surface area contributed by atoms with E-state index >= 15 is 0 Å². The van der Waals surface area contributed by atoms with Crippen molar-refractivity contribution >= 4 is 17.4 Å². The second-order valence-electron chi connectivity index (χ2n) is 7.96. The third-order valence-electron chi connectivity index (χ3n) is 4.95. The van der Waals surface area contributed by atoms with Gasteiger partial charge >= 0.3 is 0 Å². The van der Waals surface area contributed by atoms with Crippen LogP contribution in [-0.2, 0) is 9.59 Å². The van der Waals surface area contributed by atoms with Crippen LogP contribution in [0.5, 0.6) is 5.75 Å². The first-order chi connectivity index (χ1) is 14.2. The van der Waals surface area contributed by atoms with Crippen molar-refractivity contribution in [3.8, 4) is 5.75 Å². The van der Waals surface area contributed by atoms with E-state index in [2.05, 4.69) is 0 Å². The summed E-state index contributed by atoms with van der Waals surface area (Å²) in [5.74, 6) is -0.438. The molecule has 160 valence electrons. The van der Waals surface area contributed by atoms with Crippen LogP contribution < -0.4 is 4.74 Å². The van der Waals surface area contributed by atoms with Gasteiger partial charge in [0.2, 0.25) is 0 Å². The largest absolute Gasteiger partial charge is 0.507 e. The number of aliphatic hydroxyl groups excluding tert-OH is 1. The molecule has 1 aromatic carbocycles. The van der Waals surface area contributed by atoms with Gasteiger partial charge in [-0.25, -0.2) is 0 Å². The molecule has 1 amide bonds. The number of Topliss-reactive ketones (excluding diaryl/α,β-unsaturated/α-hetero) is 1. The zero-order valence-corrected chi connectivity index (χ0v) is 18.0. The first-order valence-electron chi connectivity index (χ1n) is 9.95. The van der Waals surface area contributed by atoms with Gasteiger partial charge in [0.1, 0.15) is 23.3 Å². The van der Waals surface area contributed by atoms with E-state index in [4.69, 9.17) is 9.15 Å². The first kappa shape index (κ1) is 21.6. The van der Waals surface area contributed by atoms with Crippen LogP contribution in [0.15, 0.2) is 46.6 Å². The van der Waals surface area contributed by atoms with E-state index in [1.807, 2.05) is 39.8 Å². The van der Waals surface area contributed by atoms with Crippen LogP contribution >= 0.6 is 0 Å². The van der Waals surface area contributed by atoms with Crippen molar-refractivity contribution in [2.45, 2.75) is 32.9 Å². The average molecular weight is 412 g/mol. The summed E-state index contributed by atoms with van der Waals surface area (Å²) >= 11 is 0. The van der Waals surface area contributed by atoms with Crippen molar-refractivity contribution in [1.82, 2.24) is 9.80 Å². The van der Waals surface area contributed by atoms with Crippen LogP contribution in [0, 0.1) is 6.92 Å². The molecule has 1 N–H and O–H groups in total. The molecule has 2 aromatic rings. The molecule has 3 rings (SSSR count). The molecule has 0 radical (unpaired) electrons. The number of aryl methyl sites for hydroxylation is 1. The third kappa shape index (κ3) is 4.26. The van der Waals surface area contributed by atoms with Gasteiger partial charge < -0.3 is 24.1 Å². The van der Waals surface area contributed by atoms with Crippen molar-refractivity contribution in [1.29, 1.82) is 0 Å². The van der Waals surface area contributed by atoms with Gasteiger partial charge in [-0.05, 0) is 70.8 Å². The van der Waals surface area contributed by atoms with Crippen LogP contribution in [0.25, 0.3) is 5.76 Å². The van der Waals surface area contributed by atoms with E-state index in [1.165, 1.54) is 11.2 Å². The van der Waals surface area contributed by atoms with E-state index in [0.717, 1.165) is 5.56 Å². The number of nitrogens with zero attached hydrogens (tertiary/aromatic N) is 2. The molecule has 1 aliphatic heterocycles. The fourth-order valence-corrected chi connectivity index (χ4v) is 3.50. The Bertz CT molecular complexity index is 960. The lowest BCUT2D eigenvalue weighted by Gasteiger charge is -2.24. The van der Waals surface area contributed by atoms with Gasteiger partial charge in [0.05, 0.1) is 17.9 Å². The Balaban J connectivity index is 2.06. The molecule has 1 aliphatic rings. The Morgan fingerprint density at radius 1 is 1.27 bits per heavy atom. The number of ketones is 1. The minimum Gasteiger partial charge on any atom is -0.507 e. The monoisotopic (exact) mass is 412 g/mol. The summed E-state index contributed by atoms with van der Waals surface area (Å²) in [5.41, 5.74) is 1.31. The highest BCUT2D eigenvalue weighted by molar-refractivity contribution is 6.46. The summed E-state index contributed by atoms with van der Waals surface area (Å²) in [6, 6.07) is 7.83. The normalized spacial score (nSPS) is 18.6. The van der Waals surface area contributed by atoms with Crippen molar-refractivity contribution in [2.24, 2.45) is 0 Å². The standard InChI is InChI=1S/C23H28N2O5/c1-14(2)30-17-9-8-16(13-15(17)3)21(26)19-20(18-7-6-12-29-18)25(11-10-24(4)5)23(28)22(19)27/h6-9,12-14,20,26H,10-11H2,1-5H3/b21-19-. The molecule has 7 heteroatoms. The summed E-state index contributed by atoms with van der Waals surface area (Å²) in [6.45, 7) is 6.65. The molecule has 1 saturated heterocycles. The second kappa shape index (κ2) is 8.75. The van der Waals surface area contributed by atoms with Crippen LogP contribution in [0.1, 0.15) is 36.8 Å². The lowest BCUT2D eigenvalue weighted by molar-refractivity contribution is -0.140. The van der Waals surface area contributed by atoms with E-state index in [9.17, 15) is 14.7 Å². The predicted octanol–water partition coefficient (Wildman–Crippen LogP) is 3.36. The number of rotatable bonds is 7. The van der Waals surface area contributed by atoms with Crippen LogP contribution in [0.3, 0.4) is 0 Å². The Morgan fingerprint density at radius 2 is 2.00 bits per heavy atom. The molecule has 1 aromatic heterocycles. The van der Waals surface area contributed by atoms with Crippen LogP contribution in [0.2, 0.25) is 0 Å². The molecule has 1 atom stereocenters. The number of carbonyl (C=O) groups excluding carboxylic acids is 2. The number of likely N-dealkylation sites (N-methyl/N-ethyl adjacent to an activating group) is 1. The van der Waals surface area contributed by atoms with Gasteiger partial charge in [-0.3, -0.25) is 9.59 Å². The minimum absolute atomic E-state index is 0.0177. The summed E-state index contributed by atoms with van der Waals surface area (Å²) in [5, 5.41) is 11.1. The van der Waals surface area contributed by atoms with Gasteiger partial charge in [0.15, 0.2) is 0 Å². The van der Waals surface area contributed by atoms with Crippen molar-refractivity contribution in [3.63, 3.8) is 0 Å². The number of furan rings is 1. The highest BCUT2D eigenvalue weighted by Crippen LogP contribution is 2.39. The molecular weight excluding hydrogens is 384 g/mol. The molecule has 0 saturated carbocycles. The number of aliphatic hydroxyl groups is 1. The van der Waals surface area contributed by atoms with E-state index < -0.39 is 17.7 Å². The molecule has 0 bridgehead atoms. The molecule has 7 nitrogen and oxygen atoms in total. The maximum absolute atomic E-state index is 12.9. The Hall–Kier alpha value is -3.06. The lowest BCUT2D eigenvalue weighted by atomic mass is 9.98. The van der Waals surface area contributed by atoms with E-state index in [-0.39, 0.29) is 17.4 Å². The molecule has 1 unspecified atom stereocenters. The Morgan fingerprint density at radius 3 is 2.57 bits per heavy atom. The van der Waals surface area contributed by atoms with E-state index in [1.54, 1.807) is 30.3 Å². The zero-order chi connectivity index (χ0) is 22.0. The van der Waals surface area contributed by atoms with Gasteiger partial charge in [-0.2, -0.15) is 0 Å². The number of carbonyl (C=O) groups is 2. The highest BCUT2D eigenvalue weighted by atomic mass is 16.5. The van der Waals surface area contributed by atoms with Crippen molar-refractivity contribution < 1.29 is 23.8 Å². The quantitative estimate of drug-likeness (QED) is 0.427. The molecule has 0 spiro atoms. The Labute approximate surface area is 176 Å². The fraction of sp³-hybridized carbons (Fsp3) is 0.391. The average Bonchev–Trinajstić information content (AvgIpc) is 3.28. The smallest absolute Gasteiger partial charge is 0.295 e. The summed E-state index contributed by atoms with van der Waals surface area (Å²) in [7, 11) is 3.78. The van der Waals surface area contributed by atoms with Crippen LogP contribution in [-0.4, -0.2) is 59.9 Å². The predicted molar refractivity (Wildman–Crippen MR) is 113 cm³/mol. The molecular formula is C23H28N2O5.